The fourth-order valence-electron chi connectivity index (χ4n) is 3.36. The molecule has 2 heterocycles. The minimum absolute atomic E-state index is 0.115. The average molecular weight is 297 g/mol. The molecule has 0 unspecified atom stereocenters. The number of aliphatic hydroxyl groups is 1. The summed E-state index contributed by atoms with van der Waals surface area (Å²) in [5.74, 6) is 0.408. The molecular formula is C17H19N3O2. The van der Waals surface area contributed by atoms with E-state index in [4.69, 9.17) is 5.11 Å². The first-order valence-electron chi connectivity index (χ1n) is 7.72. The molecule has 5 heteroatoms. The molecule has 0 aromatic carbocycles. The Morgan fingerprint density at radius 2 is 2.18 bits per heavy atom. The van der Waals surface area contributed by atoms with E-state index in [1.165, 1.54) is 0 Å². The van der Waals surface area contributed by atoms with Gasteiger partial charge in [0.05, 0.1) is 11.4 Å². The zero-order chi connectivity index (χ0) is 15.5. The van der Waals surface area contributed by atoms with E-state index in [1.807, 2.05) is 12.1 Å². The number of nitrogens with zero attached hydrogens (tertiary/aromatic N) is 3. The van der Waals surface area contributed by atoms with E-state index in [0.29, 0.717) is 11.6 Å². The first-order valence-corrected chi connectivity index (χ1v) is 7.72. The SMILES string of the molecule is N#CC1=C(N2CCC(CCO)CC2)c2ncccc2CC1=O. The normalized spacial score (nSPS) is 19.1. The van der Waals surface area contributed by atoms with Crippen LogP contribution in [0.3, 0.4) is 0 Å². The molecule has 1 N–H and O–H groups in total. The van der Waals surface area contributed by atoms with Gasteiger partial charge in [-0.25, -0.2) is 0 Å². The van der Waals surface area contributed by atoms with Crippen molar-refractivity contribution in [3.8, 4) is 6.07 Å². The number of pyridine rings is 1. The maximum Gasteiger partial charge on any atom is 0.180 e. The Kier molecular flexibility index (Phi) is 4.21. The van der Waals surface area contributed by atoms with E-state index in [9.17, 15) is 10.1 Å². The lowest BCUT2D eigenvalue weighted by Gasteiger charge is -2.36. The second kappa shape index (κ2) is 6.29. The molecule has 2 aliphatic rings. The molecule has 0 saturated carbocycles. The molecule has 0 spiro atoms. The van der Waals surface area contributed by atoms with Crippen molar-refractivity contribution in [3.63, 3.8) is 0 Å². The van der Waals surface area contributed by atoms with Gasteiger partial charge in [0.15, 0.2) is 5.78 Å². The molecule has 1 aromatic rings. The lowest BCUT2D eigenvalue weighted by molar-refractivity contribution is -0.114. The first kappa shape index (κ1) is 14.7. The zero-order valence-electron chi connectivity index (χ0n) is 12.5. The van der Waals surface area contributed by atoms with Gasteiger partial charge in [-0.05, 0) is 36.8 Å². The summed E-state index contributed by atoms with van der Waals surface area (Å²) in [5, 5.41) is 18.5. The Hall–Kier alpha value is -2.19. The topological polar surface area (TPSA) is 77.2 Å². The van der Waals surface area contributed by atoms with Crippen LogP contribution in [0, 0.1) is 17.2 Å². The third-order valence-electron chi connectivity index (χ3n) is 4.56. The molecule has 1 saturated heterocycles. The summed E-state index contributed by atoms with van der Waals surface area (Å²) in [6.45, 7) is 1.82. The predicted octanol–water partition coefficient (Wildman–Crippen LogP) is 1.54. The van der Waals surface area contributed by atoms with Gasteiger partial charge in [-0.2, -0.15) is 5.26 Å². The van der Waals surface area contributed by atoms with Crippen molar-refractivity contribution in [1.29, 1.82) is 5.26 Å². The summed E-state index contributed by atoms with van der Waals surface area (Å²) in [5.41, 5.74) is 2.63. The van der Waals surface area contributed by atoms with E-state index in [1.54, 1.807) is 6.20 Å². The fourth-order valence-corrected chi connectivity index (χ4v) is 3.36. The van der Waals surface area contributed by atoms with E-state index in [2.05, 4.69) is 16.0 Å². The Labute approximate surface area is 129 Å². The number of carbonyl (C=O) groups excluding carboxylic acids is 1. The molecule has 1 aliphatic heterocycles. The number of aromatic nitrogens is 1. The van der Waals surface area contributed by atoms with Crippen LogP contribution in [0.2, 0.25) is 0 Å². The van der Waals surface area contributed by atoms with Crippen molar-refractivity contribution in [1.82, 2.24) is 9.88 Å². The lowest BCUT2D eigenvalue weighted by Crippen LogP contribution is -2.36. The smallest absolute Gasteiger partial charge is 0.180 e. The van der Waals surface area contributed by atoms with E-state index < -0.39 is 0 Å². The number of fused-ring (bicyclic) bond motifs is 1. The summed E-state index contributed by atoms with van der Waals surface area (Å²) in [7, 11) is 0. The maximum absolute atomic E-state index is 12.2. The fraction of sp³-hybridized carbons (Fsp3) is 0.471. The number of hydrogen-bond acceptors (Lipinski definition) is 5. The number of carbonyl (C=O) groups is 1. The number of hydrogen-bond donors (Lipinski definition) is 1. The van der Waals surface area contributed by atoms with Gasteiger partial charge in [0.2, 0.25) is 0 Å². The number of rotatable bonds is 3. The monoisotopic (exact) mass is 297 g/mol. The molecule has 0 radical (unpaired) electrons. The molecule has 0 amide bonds. The molecule has 22 heavy (non-hydrogen) atoms. The van der Waals surface area contributed by atoms with Gasteiger partial charge >= 0.3 is 0 Å². The van der Waals surface area contributed by atoms with Gasteiger partial charge in [0, 0.05) is 32.3 Å². The van der Waals surface area contributed by atoms with Crippen LogP contribution in [0.5, 0.6) is 0 Å². The molecule has 1 fully saturated rings. The minimum Gasteiger partial charge on any atom is -0.396 e. The van der Waals surface area contributed by atoms with Gasteiger partial charge in [-0.3, -0.25) is 9.78 Å². The van der Waals surface area contributed by atoms with Crippen molar-refractivity contribution in [2.75, 3.05) is 19.7 Å². The van der Waals surface area contributed by atoms with Crippen molar-refractivity contribution < 1.29 is 9.90 Å². The highest BCUT2D eigenvalue weighted by Crippen LogP contribution is 2.33. The van der Waals surface area contributed by atoms with E-state index >= 15 is 0 Å². The lowest BCUT2D eigenvalue weighted by atomic mass is 9.88. The minimum atomic E-state index is -0.115. The van der Waals surface area contributed by atoms with Gasteiger partial charge in [-0.15, -0.1) is 0 Å². The number of Topliss-reactive ketones (excluding diaryl/α,β-unsaturated/α-hetero) is 1. The Morgan fingerprint density at radius 1 is 1.41 bits per heavy atom. The predicted molar refractivity (Wildman–Crippen MR) is 81.5 cm³/mol. The highest BCUT2D eigenvalue weighted by atomic mass is 16.3. The Morgan fingerprint density at radius 3 is 2.86 bits per heavy atom. The summed E-state index contributed by atoms with van der Waals surface area (Å²) >= 11 is 0. The average Bonchev–Trinajstić information content (AvgIpc) is 2.55. The molecule has 0 atom stereocenters. The Bertz CT molecular complexity index is 652. The number of ketones is 1. The number of likely N-dealkylation sites (tertiary alicyclic amines) is 1. The zero-order valence-corrected chi connectivity index (χ0v) is 12.5. The second-order valence-electron chi connectivity index (χ2n) is 5.89. The molecule has 5 nitrogen and oxygen atoms in total. The standard InChI is InChI=1S/C17H19N3O2/c18-11-14-15(22)10-13-2-1-6-19-16(13)17(14)20-7-3-12(4-8-20)5-9-21/h1-2,6,12,21H,3-5,7-10H2. The molecule has 114 valence electrons. The van der Waals surface area contributed by atoms with Gasteiger partial charge in [-0.1, -0.05) is 6.07 Å². The number of allylic oxidation sites excluding steroid dienone is 1. The largest absolute Gasteiger partial charge is 0.396 e. The van der Waals surface area contributed by atoms with Crippen LogP contribution in [0.15, 0.2) is 23.9 Å². The summed E-state index contributed by atoms with van der Waals surface area (Å²) < 4.78 is 0. The van der Waals surface area contributed by atoms with Crippen LogP contribution in [-0.2, 0) is 11.2 Å². The van der Waals surface area contributed by atoms with Gasteiger partial charge in [0.1, 0.15) is 11.6 Å². The number of piperidine rings is 1. The van der Waals surface area contributed by atoms with Crippen LogP contribution < -0.4 is 0 Å². The molecule has 0 bridgehead atoms. The van der Waals surface area contributed by atoms with Crippen LogP contribution >= 0.6 is 0 Å². The van der Waals surface area contributed by atoms with Crippen LogP contribution in [0.1, 0.15) is 30.5 Å². The third kappa shape index (κ3) is 2.62. The van der Waals surface area contributed by atoms with Crippen LogP contribution in [0.4, 0.5) is 0 Å². The van der Waals surface area contributed by atoms with Crippen molar-refractivity contribution in [2.24, 2.45) is 5.92 Å². The molecule has 3 rings (SSSR count). The van der Waals surface area contributed by atoms with Crippen LogP contribution in [0.25, 0.3) is 5.70 Å². The highest BCUT2D eigenvalue weighted by Gasteiger charge is 2.31. The summed E-state index contributed by atoms with van der Waals surface area (Å²) in [4.78, 5) is 18.8. The van der Waals surface area contributed by atoms with Crippen molar-refractivity contribution in [2.45, 2.75) is 25.7 Å². The first-order chi connectivity index (χ1) is 10.7. The Balaban J connectivity index is 1.93. The molecular weight excluding hydrogens is 278 g/mol. The molecule has 1 aliphatic carbocycles. The summed E-state index contributed by atoms with van der Waals surface area (Å²) in [6.07, 6.45) is 4.74. The highest BCUT2D eigenvalue weighted by molar-refractivity contribution is 6.09. The quantitative estimate of drug-likeness (QED) is 0.915. The number of aliphatic hydroxyl groups excluding tert-OH is 1. The van der Waals surface area contributed by atoms with Gasteiger partial charge < -0.3 is 10.0 Å². The van der Waals surface area contributed by atoms with Crippen molar-refractivity contribution in [3.05, 3.63) is 35.2 Å². The second-order valence-corrected chi connectivity index (χ2v) is 5.89. The maximum atomic E-state index is 12.2. The van der Waals surface area contributed by atoms with Crippen LogP contribution in [-0.4, -0.2) is 40.5 Å². The van der Waals surface area contributed by atoms with E-state index in [-0.39, 0.29) is 24.4 Å². The molecule has 1 aromatic heterocycles. The number of nitriles is 1. The van der Waals surface area contributed by atoms with Gasteiger partial charge in [0.25, 0.3) is 0 Å². The van der Waals surface area contributed by atoms with Crippen molar-refractivity contribution >= 4 is 11.5 Å². The summed E-state index contributed by atoms with van der Waals surface area (Å²) in [6, 6.07) is 5.82. The third-order valence-corrected chi connectivity index (χ3v) is 4.56. The van der Waals surface area contributed by atoms with E-state index in [0.717, 1.165) is 43.6 Å².